The molecule has 0 fully saturated rings. The molecule has 12 heavy (non-hydrogen) atoms. The van der Waals surface area contributed by atoms with Crippen LogP contribution in [0.4, 0.5) is 5.69 Å². The van der Waals surface area contributed by atoms with Crippen LogP contribution in [0.2, 0.25) is 0 Å². The number of nitrogens with one attached hydrogen (secondary N) is 1. The molecule has 0 atom stereocenters. The number of H-pyrrole nitrogens is 1. The molecule has 1 aromatic rings. The van der Waals surface area contributed by atoms with Gasteiger partial charge < -0.3 is 15.5 Å². The van der Waals surface area contributed by atoms with Crippen molar-refractivity contribution in [3.05, 3.63) is 22.6 Å². The summed E-state index contributed by atoms with van der Waals surface area (Å²) in [6, 6.07) is 1.64. The van der Waals surface area contributed by atoms with E-state index >= 15 is 0 Å². The number of rotatable bonds is 2. The molecule has 0 aliphatic carbocycles. The van der Waals surface area contributed by atoms with Crippen molar-refractivity contribution in [2.75, 3.05) is 5.73 Å². The van der Waals surface area contributed by atoms with Gasteiger partial charge in [0.05, 0.1) is 6.10 Å². The highest BCUT2D eigenvalue weighted by Crippen LogP contribution is 2.15. The van der Waals surface area contributed by atoms with Gasteiger partial charge in [0.1, 0.15) is 11.4 Å². The Balaban J connectivity index is 3.00. The molecule has 0 bridgehead atoms. The van der Waals surface area contributed by atoms with Crippen LogP contribution in [-0.4, -0.2) is 11.1 Å². The van der Waals surface area contributed by atoms with E-state index < -0.39 is 0 Å². The minimum Gasteiger partial charge on any atom is -0.489 e. The van der Waals surface area contributed by atoms with Gasteiger partial charge >= 0.3 is 0 Å². The maximum atomic E-state index is 11.0. The van der Waals surface area contributed by atoms with E-state index in [1.807, 2.05) is 13.8 Å². The second-order valence-electron chi connectivity index (χ2n) is 2.75. The van der Waals surface area contributed by atoms with E-state index in [9.17, 15) is 4.79 Å². The second kappa shape index (κ2) is 3.30. The average Bonchev–Trinajstić information content (AvgIpc) is 1.98. The Bertz CT molecular complexity index is 317. The fraction of sp³-hybridized carbons (Fsp3) is 0.375. The molecule has 0 aliphatic heterocycles. The summed E-state index contributed by atoms with van der Waals surface area (Å²) in [5.41, 5.74) is 5.28. The largest absolute Gasteiger partial charge is 0.489 e. The van der Waals surface area contributed by atoms with Gasteiger partial charge in [0.2, 0.25) is 0 Å². The molecular formula is C8H12N2O2. The van der Waals surface area contributed by atoms with Crippen LogP contribution in [0.15, 0.2) is 17.1 Å². The Morgan fingerprint density at radius 2 is 2.25 bits per heavy atom. The number of aromatic amines is 1. The van der Waals surface area contributed by atoms with Crippen LogP contribution >= 0.6 is 0 Å². The standard InChI is InChI=1S/C8H12N2O2/c1-5(2)12-6-3-4-10-8(11)7(6)9/h3-5H,9H2,1-2H3,(H,10,11). The van der Waals surface area contributed by atoms with Gasteiger partial charge in [0, 0.05) is 6.20 Å². The fourth-order valence-electron chi connectivity index (χ4n) is 0.829. The molecule has 0 aromatic carbocycles. The highest BCUT2D eigenvalue weighted by atomic mass is 16.5. The van der Waals surface area contributed by atoms with Crippen molar-refractivity contribution >= 4 is 5.69 Å². The lowest BCUT2D eigenvalue weighted by molar-refractivity contribution is 0.243. The highest BCUT2D eigenvalue weighted by molar-refractivity contribution is 5.49. The predicted molar refractivity (Wildman–Crippen MR) is 47.2 cm³/mol. The van der Waals surface area contributed by atoms with E-state index in [2.05, 4.69) is 4.98 Å². The van der Waals surface area contributed by atoms with E-state index in [0.717, 1.165) is 0 Å². The van der Waals surface area contributed by atoms with Crippen LogP contribution in [-0.2, 0) is 0 Å². The number of aromatic nitrogens is 1. The van der Waals surface area contributed by atoms with Gasteiger partial charge in [-0.3, -0.25) is 4.79 Å². The molecule has 3 N–H and O–H groups in total. The number of anilines is 1. The first-order valence-corrected chi connectivity index (χ1v) is 3.75. The first-order chi connectivity index (χ1) is 5.61. The van der Waals surface area contributed by atoms with E-state index in [0.29, 0.717) is 5.75 Å². The maximum absolute atomic E-state index is 11.0. The zero-order valence-corrected chi connectivity index (χ0v) is 7.13. The Morgan fingerprint density at radius 1 is 1.58 bits per heavy atom. The molecule has 4 nitrogen and oxygen atoms in total. The van der Waals surface area contributed by atoms with Gasteiger partial charge in [-0.2, -0.15) is 0 Å². The van der Waals surface area contributed by atoms with E-state index in [-0.39, 0.29) is 17.4 Å². The van der Waals surface area contributed by atoms with Crippen LogP contribution in [0.5, 0.6) is 5.75 Å². The summed E-state index contributed by atoms with van der Waals surface area (Å²) in [6.07, 6.45) is 1.53. The summed E-state index contributed by atoms with van der Waals surface area (Å²) >= 11 is 0. The monoisotopic (exact) mass is 168 g/mol. The molecule has 0 unspecified atom stereocenters. The summed E-state index contributed by atoms with van der Waals surface area (Å²) in [5.74, 6) is 0.439. The Hall–Kier alpha value is -1.45. The number of nitrogens with two attached hydrogens (primary N) is 1. The fourth-order valence-corrected chi connectivity index (χ4v) is 0.829. The molecule has 0 saturated heterocycles. The molecule has 0 saturated carbocycles. The summed E-state index contributed by atoms with van der Waals surface area (Å²) in [7, 11) is 0. The molecule has 0 amide bonds. The zero-order valence-electron chi connectivity index (χ0n) is 7.13. The van der Waals surface area contributed by atoms with Crippen molar-refractivity contribution in [1.82, 2.24) is 4.98 Å². The first kappa shape index (κ1) is 8.64. The van der Waals surface area contributed by atoms with Gasteiger partial charge in [0.25, 0.3) is 5.56 Å². The van der Waals surface area contributed by atoms with Crippen molar-refractivity contribution in [2.24, 2.45) is 0 Å². The van der Waals surface area contributed by atoms with Crippen molar-refractivity contribution < 1.29 is 4.74 Å². The molecule has 0 aliphatic rings. The summed E-state index contributed by atoms with van der Waals surface area (Å²) < 4.78 is 5.28. The third-order valence-electron chi connectivity index (χ3n) is 1.32. The summed E-state index contributed by atoms with van der Waals surface area (Å²) in [4.78, 5) is 13.4. The highest BCUT2D eigenvalue weighted by Gasteiger charge is 2.04. The average molecular weight is 168 g/mol. The van der Waals surface area contributed by atoms with Gasteiger partial charge in [0.15, 0.2) is 0 Å². The Kier molecular flexibility index (Phi) is 2.38. The van der Waals surface area contributed by atoms with Crippen molar-refractivity contribution in [2.45, 2.75) is 20.0 Å². The van der Waals surface area contributed by atoms with Crippen LogP contribution in [0.25, 0.3) is 0 Å². The normalized spacial score (nSPS) is 10.2. The van der Waals surface area contributed by atoms with Crippen LogP contribution in [0, 0.1) is 0 Å². The number of nitrogen functional groups attached to an aromatic ring is 1. The molecule has 66 valence electrons. The third-order valence-corrected chi connectivity index (χ3v) is 1.32. The molecular weight excluding hydrogens is 156 g/mol. The van der Waals surface area contributed by atoms with Crippen molar-refractivity contribution in [3.8, 4) is 5.75 Å². The number of hydrogen-bond acceptors (Lipinski definition) is 3. The lowest BCUT2D eigenvalue weighted by atomic mass is 10.4. The third kappa shape index (κ3) is 1.78. The smallest absolute Gasteiger partial charge is 0.274 e. The second-order valence-corrected chi connectivity index (χ2v) is 2.75. The van der Waals surface area contributed by atoms with Crippen LogP contribution in [0.3, 0.4) is 0 Å². The topological polar surface area (TPSA) is 68.1 Å². The Morgan fingerprint density at radius 3 is 2.83 bits per heavy atom. The Labute approximate surface area is 70.4 Å². The lowest BCUT2D eigenvalue weighted by Gasteiger charge is -2.10. The lowest BCUT2D eigenvalue weighted by Crippen LogP contribution is -2.15. The molecule has 4 heteroatoms. The van der Waals surface area contributed by atoms with Crippen LogP contribution in [0.1, 0.15) is 13.8 Å². The minimum absolute atomic E-state index is 0.0223. The molecule has 1 aromatic heterocycles. The van der Waals surface area contributed by atoms with E-state index in [1.165, 1.54) is 6.20 Å². The first-order valence-electron chi connectivity index (χ1n) is 3.75. The van der Waals surface area contributed by atoms with Gasteiger partial charge in [-0.15, -0.1) is 0 Å². The summed E-state index contributed by atoms with van der Waals surface area (Å²) in [6.45, 7) is 3.75. The predicted octanol–water partition coefficient (Wildman–Crippen LogP) is 0.744. The molecule has 0 radical (unpaired) electrons. The van der Waals surface area contributed by atoms with Crippen molar-refractivity contribution in [1.29, 1.82) is 0 Å². The van der Waals surface area contributed by atoms with Gasteiger partial charge in [-0.25, -0.2) is 0 Å². The number of hydrogen-bond donors (Lipinski definition) is 2. The van der Waals surface area contributed by atoms with E-state index in [1.54, 1.807) is 6.07 Å². The zero-order chi connectivity index (χ0) is 9.14. The SMILES string of the molecule is CC(C)Oc1cc[nH]c(=O)c1N. The van der Waals surface area contributed by atoms with Crippen LogP contribution < -0.4 is 16.0 Å². The van der Waals surface area contributed by atoms with Gasteiger partial charge in [-0.05, 0) is 19.9 Å². The molecule has 0 spiro atoms. The quantitative estimate of drug-likeness (QED) is 0.684. The minimum atomic E-state index is -0.312. The number of pyridine rings is 1. The molecule has 1 heterocycles. The van der Waals surface area contributed by atoms with E-state index in [4.69, 9.17) is 10.5 Å². The number of ether oxygens (including phenoxy) is 1. The summed E-state index contributed by atoms with van der Waals surface area (Å²) in [5, 5.41) is 0. The van der Waals surface area contributed by atoms with Gasteiger partial charge in [-0.1, -0.05) is 0 Å². The maximum Gasteiger partial charge on any atom is 0.274 e. The molecule has 1 rings (SSSR count). The van der Waals surface area contributed by atoms with Crippen molar-refractivity contribution in [3.63, 3.8) is 0 Å².